The van der Waals surface area contributed by atoms with E-state index in [1.165, 1.54) is 6.47 Å². The highest BCUT2D eigenvalue weighted by Crippen LogP contribution is 2.00. The van der Waals surface area contributed by atoms with E-state index in [0.29, 0.717) is 6.42 Å². The average molecular weight is 175 g/mol. The monoisotopic (exact) mass is 175 g/mol. The normalized spacial score (nSPS) is 11.5. The Labute approximate surface area is 70.6 Å². The van der Waals surface area contributed by atoms with Crippen molar-refractivity contribution in [2.75, 3.05) is 6.61 Å². The molecule has 0 bridgehead atoms. The van der Waals surface area contributed by atoms with Crippen molar-refractivity contribution in [2.45, 2.75) is 26.6 Å². The van der Waals surface area contributed by atoms with E-state index in [1.54, 1.807) is 13.8 Å². The average Bonchev–Trinajstić information content (AvgIpc) is 2.04. The van der Waals surface area contributed by atoms with Crippen molar-refractivity contribution in [3.63, 3.8) is 0 Å². The molecule has 0 aliphatic rings. The minimum absolute atomic E-state index is 0.222. The Morgan fingerprint density at radius 3 is 2.58 bits per heavy atom. The quantitative estimate of drug-likeness (QED) is 0.460. The lowest BCUT2D eigenvalue weighted by Crippen LogP contribution is -2.20. The summed E-state index contributed by atoms with van der Waals surface area (Å²) in [6.07, 6.45) is -1.38. The first kappa shape index (κ1) is 10.7. The van der Waals surface area contributed by atoms with Gasteiger partial charge in [0.1, 0.15) is 0 Å². The minimum atomic E-state index is -0.901. The van der Waals surface area contributed by atoms with Gasteiger partial charge in [0.2, 0.25) is 0 Å². The van der Waals surface area contributed by atoms with Gasteiger partial charge in [-0.2, -0.15) is 0 Å². The Bertz CT molecular complexity index is 145. The lowest BCUT2D eigenvalue weighted by atomic mass is 10.5. The lowest BCUT2D eigenvalue weighted by Gasteiger charge is -2.11. The molecule has 0 aliphatic carbocycles. The molecule has 0 fully saturated rings. The van der Waals surface area contributed by atoms with E-state index in [9.17, 15) is 9.59 Å². The Morgan fingerprint density at radius 1 is 1.50 bits per heavy atom. The fourth-order valence-corrected chi connectivity index (χ4v) is 0.504. The smallest absolute Gasteiger partial charge is 0.435 e. The Morgan fingerprint density at radius 2 is 2.17 bits per heavy atom. The first-order chi connectivity index (χ1) is 5.74. The van der Waals surface area contributed by atoms with Crippen LogP contribution in [0.5, 0.6) is 0 Å². The topological polar surface area (TPSA) is 61.8 Å². The van der Waals surface area contributed by atoms with Gasteiger partial charge >= 0.3 is 12.6 Å². The fraction of sp³-hybridized carbons (Fsp3) is 0.714. The molecule has 0 saturated heterocycles. The SMILES string of the molecule is CCOC(=O)OC(CC)O[C]=O. The molecule has 0 aromatic rings. The van der Waals surface area contributed by atoms with Crippen LogP contribution in [0.1, 0.15) is 20.3 Å². The van der Waals surface area contributed by atoms with Gasteiger partial charge in [0.05, 0.1) is 6.61 Å². The van der Waals surface area contributed by atoms with Crippen molar-refractivity contribution in [1.29, 1.82) is 0 Å². The number of hydrogen-bond acceptors (Lipinski definition) is 5. The molecule has 1 atom stereocenters. The van der Waals surface area contributed by atoms with Gasteiger partial charge in [-0.3, -0.25) is 0 Å². The van der Waals surface area contributed by atoms with Crippen molar-refractivity contribution in [2.24, 2.45) is 0 Å². The third kappa shape index (κ3) is 4.54. The molecule has 5 heteroatoms. The predicted octanol–water partition coefficient (Wildman–Crippen LogP) is 0.979. The van der Waals surface area contributed by atoms with E-state index in [4.69, 9.17) is 0 Å². The zero-order valence-electron chi connectivity index (χ0n) is 7.03. The summed E-state index contributed by atoms with van der Waals surface area (Å²) in [6, 6.07) is 0. The summed E-state index contributed by atoms with van der Waals surface area (Å²) in [5.41, 5.74) is 0. The Hall–Kier alpha value is -1.26. The number of carbonyl (C=O) groups excluding carboxylic acids is 2. The van der Waals surface area contributed by atoms with Crippen molar-refractivity contribution in [3.05, 3.63) is 0 Å². The first-order valence-corrected chi connectivity index (χ1v) is 3.60. The Balaban J connectivity index is 3.68. The summed E-state index contributed by atoms with van der Waals surface area (Å²) >= 11 is 0. The number of rotatable bonds is 5. The van der Waals surface area contributed by atoms with Gasteiger partial charge < -0.3 is 14.2 Å². The summed E-state index contributed by atoms with van der Waals surface area (Å²) in [7, 11) is 0. The predicted molar refractivity (Wildman–Crippen MR) is 39.0 cm³/mol. The third-order valence-electron chi connectivity index (χ3n) is 1.00. The van der Waals surface area contributed by atoms with Gasteiger partial charge in [0.25, 0.3) is 6.29 Å². The molecule has 0 spiro atoms. The summed E-state index contributed by atoms with van der Waals surface area (Å²) < 4.78 is 13.3. The van der Waals surface area contributed by atoms with Crippen LogP contribution in [0, 0.1) is 0 Å². The largest absolute Gasteiger partial charge is 0.511 e. The standard InChI is InChI=1S/C7H11O5/c1-3-6(11-5-8)12-7(9)10-4-2/h6H,3-4H2,1-2H3. The van der Waals surface area contributed by atoms with Crippen LogP contribution in [0.15, 0.2) is 0 Å². The second-order valence-corrected chi connectivity index (χ2v) is 1.84. The summed E-state index contributed by atoms with van der Waals surface area (Å²) in [5.74, 6) is 0. The van der Waals surface area contributed by atoms with Crippen LogP contribution in [0.4, 0.5) is 4.79 Å². The number of hydrogen-bond donors (Lipinski definition) is 0. The molecule has 1 radical (unpaired) electrons. The van der Waals surface area contributed by atoms with Crippen molar-refractivity contribution in [1.82, 2.24) is 0 Å². The summed E-state index contributed by atoms with van der Waals surface area (Å²) in [5, 5.41) is 0. The van der Waals surface area contributed by atoms with Gasteiger partial charge in [-0.15, -0.1) is 0 Å². The van der Waals surface area contributed by atoms with E-state index in [0.717, 1.165) is 0 Å². The van der Waals surface area contributed by atoms with Gasteiger partial charge in [-0.25, -0.2) is 9.59 Å². The molecule has 0 aliphatic heterocycles. The van der Waals surface area contributed by atoms with Crippen molar-refractivity contribution < 1.29 is 23.8 Å². The highest BCUT2D eigenvalue weighted by molar-refractivity contribution is 5.60. The lowest BCUT2D eigenvalue weighted by molar-refractivity contribution is -0.0721. The molecule has 0 saturated carbocycles. The molecule has 5 nitrogen and oxygen atoms in total. The summed E-state index contributed by atoms with van der Waals surface area (Å²) in [4.78, 5) is 20.4. The maximum atomic E-state index is 10.6. The van der Waals surface area contributed by atoms with Crippen LogP contribution in [-0.2, 0) is 19.0 Å². The third-order valence-corrected chi connectivity index (χ3v) is 1.00. The second-order valence-electron chi connectivity index (χ2n) is 1.84. The maximum Gasteiger partial charge on any atom is 0.511 e. The van der Waals surface area contributed by atoms with Crippen LogP contribution < -0.4 is 0 Å². The zero-order valence-corrected chi connectivity index (χ0v) is 7.03. The molecular formula is C7H11O5. The van der Waals surface area contributed by atoms with Gasteiger partial charge in [-0.05, 0) is 6.92 Å². The molecule has 0 heterocycles. The molecule has 69 valence electrons. The molecule has 0 aromatic heterocycles. The highest BCUT2D eigenvalue weighted by Gasteiger charge is 2.13. The van der Waals surface area contributed by atoms with Crippen LogP contribution in [0.3, 0.4) is 0 Å². The van der Waals surface area contributed by atoms with Crippen LogP contribution in [-0.4, -0.2) is 25.5 Å². The summed E-state index contributed by atoms with van der Waals surface area (Å²) in [6.45, 7) is 4.75. The van der Waals surface area contributed by atoms with Gasteiger partial charge in [0, 0.05) is 6.42 Å². The molecule has 0 aromatic carbocycles. The second kappa shape index (κ2) is 6.45. The van der Waals surface area contributed by atoms with E-state index >= 15 is 0 Å². The molecule has 0 N–H and O–H groups in total. The van der Waals surface area contributed by atoms with Crippen molar-refractivity contribution >= 4 is 12.6 Å². The van der Waals surface area contributed by atoms with E-state index in [-0.39, 0.29) is 6.61 Å². The Kier molecular flexibility index (Phi) is 5.77. The molecule has 0 rings (SSSR count). The molecule has 1 unspecified atom stereocenters. The maximum absolute atomic E-state index is 10.6. The highest BCUT2D eigenvalue weighted by atomic mass is 16.8. The number of carbonyl (C=O) groups is 1. The zero-order chi connectivity index (χ0) is 9.40. The molecular weight excluding hydrogens is 164 g/mol. The van der Waals surface area contributed by atoms with Gasteiger partial charge in [-0.1, -0.05) is 6.92 Å². The fourth-order valence-electron chi connectivity index (χ4n) is 0.504. The van der Waals surface area contributed by atoms with Crippen molar-refractivity contribution in [3.8, 4) is 0 Å². The molecule has 0 amide bonds. The van der Waals surface area contributed by atoms with E-state index < -0.39 is 12.4 Å². The van der Waals surface area contributed by atoms with Gasteiger partial charge in [0.15, 0.2) is 0 Å². The van der Waals surface area contributed by atoms with Crippen LogP contribution in [0.25, 0.3) is 0 Å². The first-order valence-electron chi connectivity index (χ1n) is 3.60. The van der Waals surface area contributed by atoms with Crippen LogP contribution >= 0.6 is 0 Å². The molecule has 12 heavy (non-hydrogen) atoms. The minimum Gasteiger partial charge on any atom is -0.435 e. The number of ether oxygens (including phenoxy) is 3. The van der Waals surface area contributed by atoms with E-state index in [2.05, 4.69) is 14.2 Å². The van der Waals surface area contributed by atoms with E-state index in [1.807, 2.05) is 0 Å². The van der Waals surface area contributed by atoms with Crippen LogP contribution in [0.2, 0.25) is 0 Å².